The third kappa shape index (κ3) is 7.11. The summed E-state index contributed by atoms with van der Waals surface area (Å²) in [5.41, 5.74) is 11.1. The average Bonchev–Trinajstić information content (AvgIpc) is 3.15. The minimum atomic E-state index is -0.826. The van der Waals surface area contributed by atoms with Crippen molar-refractivity contribution in [2.45, 2.75) is 104 Å². The second-order valence-electron chi connectivity index (χ2n) is 12.8. The first kappa shape index (κ1) is 28.2. The summed E-state index contributed by atoms with van der Waals surface area (Å²) in [5, 5.41) is 0. The molecule has 4 rings (SSSR count). The van der Waals surface area contributed by atoms with Crippen molar-refractivity contribution < 1.29 is 20.8 Å². The van der Waals surface area contributed by atoms with E-state index < -0.39 is 20.8 Å². The van der Waals surface area contributed by atoms with Gasteiger partial charge in [0.1, 0.15) is 0 Å². The molecule has 0 saturated heterocycles. The maximum absolute atomic E-state index is 4.93. The van der Waals surface area contributed by atoms with E-state index in [-0.39, 0.29) is 10.8 Å². The molecule has 2 aromatic carbocycles. The van der Waals surface area contributed by atoms with Crippen molar-refractivity contribution >= 4 is 23.1 Å². The van der Waals surface area contributed by atoms with Crippen LogP contribution in [0.25, 0.3) is 17.2 Å². The third-order valence-corrected chi connectivity index (χ3v) is 7.65. The van der Waals surface area contributed by atoms with Crippen LogP contribution in [0.15, 0.2) is 42.0 Å². The van der Waals surface area contributed by atoms with Crippen LogP contribution < -0.4 is 0 Å². The molecule has 0 unspecified atom stereocenters. The van der Waals surface area contributed by atoms with Gasteiger partial charge in [-0.3, -0.25) is 0 Å². The Kier molecular flexibility index (Phi) is 9.43. The summed E-state index contributed by atoms with van der Waals surface area (Å²) in [6, 6.07) is 14.3. The van der Waals surface area contributed by atoms with Crippen LogP contribution in [-0.2, 0) is 38.1 Å². The van der Waals surface area contributed by atoms with Crippen molar-refractivity contribution in [3.05, 3.63) is 64.2 Å². The molecule has 1 fully saturated rings. The van der Waals surface area contributed by atoms with Crippen LogP contribution >= 0.6 is 17.0 Å². The van der Waals surface area contributed by atoms with E-state index in [0.717, 1.165) is 6.42 Å². The van der Waals surface area contributed by atoms with Gasteiger partial charge >= 0.3 is 37.9 Å². The molecule has 0 N–H and O–H groups in total. The van der Waals surface area contributed by atoms with Crippen LogP contribution in [0.4, 0.5) is 0 Å². The molecule has 2 aromatic rings. The molecular formula is C31H42Cl2Zr. The average molecular weight is 577 g/mol. The van der Waals surface area contributed by atoms with Gasteiger partial charge in [0.15, 0.2) is 0 Å². The second kappa shape index (κ2) is 11.4. The first-order chi connectivity index (χ1) is 15.9. The number of benzene rings is 2. The Morgan fingerprint density at radius 2 is 1.41 bits per heavy atom. The monoisotopic (exact) mass is 574 g/mol. The van der Waals surface area contributed by atoms with Crippen molar-refractivity contribution in [3.63, 3.8) is 0 Å². The van der Waals surface area contributed by atoms with Gasteiger partial charge in [0.25, 0.3) is 0 Å². The van der Waals surface area contributed by atoms with Crippen molar-refractivity contribution in [2.75, 3.05) is 0 Å². The fourth-order valence-corrected chi connectivity index (χ4v) is 5.58. The SMILES string of the molecule is CC1(CC2=Cc3c(cccc3-c3cc(C(C)(C)C)cc(C(C)(C)C)c3)C2)CCCCC1.[Cl][Zr][Cl]. The molecule has 3 heteroatoms. The molecule has 2 aliphatic rings. The van der Waals surface area contributed by atoms with E-state index in [9.17, 15) is 0 Å². The zero-order chi connectivity index (χ0) is 25.1. The first-order valence-electron chi connectivity index (χ1n) is 12.8. The van der Waals surface area contributed by atoms with Crippen molar-refractivity contribution in [3.8, 4) is 11.1 Å². The predicted molar refractivity (Wildman–Crippen MR) is 148 cm³/mol. The normalized spacial score (nSPS) is 17.4. The Morgan fingerprint density at radius 1 is 0.853 bits per heavy atom. The van der Waals surface area contributed by atoms with E-state index >= 15 is 0 Å². The maximum atomic E-state index is 4.93. The number of hydrogen-bond donors (Lipinski definition) is 0. The molecule has 1 saturated carbocycles. The van der Waals surface area contributed by atoms with E-state index in [1.165, 1.54) is 71.9 Å². The number of allylic oxidation sites excluding steroid dienone is 1. The van der Waals surface area contributed by atoms with Crippen molar-refractivity contribution in [1.29, 1.82) is 0 Å². The van der Waals surface area contributed by atoms with Gasteiger partial charge in [-0.05, 0) is 75.3 Å². The number of hydrogen-bond acceptors (Lipinski definition) is 0. The molecule has 0 nitrogen and oxygen atoms in total. The van der Waals surface area contributed by atoms with Gasteiger partial charge in [-0.1, -0.05) is 116 Å². The molecule has 0 radical (unpaired) electrons. The molecule has 0 spiro atoms. The van der Waals surface area contributed by atoms with Gasteiger partial charge in [0.2, 0.25) is 0 Å². The van der Waals surface area contributed by atoms with Gasteiger partial charge < -0.3 is 0 Å². The molecule has 0 bridgehead atoms. The zero-order valence-electron chi connectivity index (χ0n) is 22.2. The zero-order valence-corrected chi connectivity index (χ0v) is 26.2. The summed E-state index contributed by atoms with van der Waals surface area (Å²) < 4.78 is 0. The Bertz CT molecular complexity index is 982. The molecule has 0 aromatic heterocycles. The molecule has 0 amide bonds. The molecule has 0 atom stereocenters. The van der Waals surface area contributed by atoms with Gasteiger partial charge in [-0.25, -0.2) is 0 Å². The molecule has 34 heavy (non-hydrogen) atoms. The Morgan fingerprint density at radius 3 is 1.94 bits per heavy atom. The summed E-state index contributed by atoms with van der Waals surface area (Å²) in [6.07, 6.45) is 12.0. The van der Waals surface area contributed by atoms with E-state index in [4.69, 9.17) is 17.0 Å². The fourth-order valence-electron chi connectivity index (χ4n) is 5.58. The second-order valence-corrected chi connectivity index (χ2v) is 16.5. The Hall–Kier alpha value is -0.357. The predicted octanol–water partition coefficient (Wildman–Crippen LogP) is 10.6. The third-order valence-electron chi connectivity index (χ3n) is 7.65. The van der Waals surface area contributed by atoms with Crippen LogP contribution in [0.2, 0.25) is 0 Å². The number of halogens is 2. The van der Waals surface area contributed by atoms with Crippen LogP contribution in [0.1, 0.15) is 109 Å². The molecule has 0 heterocycles. The minimum absolute atomic E-state index is 0.143. The van der Waals surface area contributed by atoms with Crippen LogP contribution in [-0.4, -0.2) is 0 Å². The van der Waals surface area contributed by atoms with Crippen LogP contribution in [0.5, 0.6) is 0 Å². The van der Waals surface area contributed by atoms with Crippen LogP contribution in [0.3, 0.4) is 0 Å². The van der Waals surface area contributed by atoms with Gasteiger partial charge in [0.05, 0.1) is 0 Å². The number of fused-ring (bicyclic) bond motifs is 1. The van der Waals surface area contributed by atoms with E-state index in [2.05, 4.69) is 90.9 Å². The summed E-state index contributed by atoms with van der Waals surface area (Å²) >= 11 is -0.826. The fraction of sp³-hybridized carbons (Fsp3) is 0.548. The first-order valence-corrected chi connectivity index (χ1v) is 19.1. The summed E-state index contributed by atoms with van der Waals surface area (Å²) in [4.78, 5) is 0. The van der Waals surface area contributed by atoms with Crippen molar-refractivity contribution in [2.24, 2.45) is 5.41 Å². The molecular weight excluding hydrogens is 534 g/mol. The molecule has 2 aliphatic carbocycles. The standard InChI is InChI=1S/C31H42.2ClH.Zr/c1-29(2,3)25-18-24(19-26(20-25)30(4,5)6)27-13-11-12-23-16-22(17-28(23)27)21-31(7)14-9-8-10-15-31;;;/h11-13,17-20H,8-10,14-16,21H2,1-7H3;2*1H;/q;;;+2/p-2. The van der Waals surface area contributed by atoms with Gasteiger partial charge in [-0.15, -0.1) is 0 Å². The summed E-state index contributed by atoms with van der Waals surface area (Å²) in [6.45, 7) is 16.5. The summed E-state index contributed by atoms with van der Waals surface area (Å²) in [7, 11) is 9.87. The quantitative estimate of drug-likeness (QED) is 0.341. The van der Waals surface area contributed by atoms with Gasteiger partial charge in [0, 0.05) is 0 Å². The topological polar surface area (TPSA) is 0 Å². The van der Waals surface area contributed by atoms with E-state index in [1.807, 2.05) is 0 Å². The van der Waals surface area contributed by atoms with E-state index in [1.54, 1.807) is 5.57 Å². The van der Waals surface area contributed by atoms with E-state index in [0.29, 0.717) is 5.41 Å². The Balaban J connectivity index is 0.00000103. The van der Waals surface area contributed by atoms with Crippen molar-refractivity contribution in [1.82, 2.24) is 0 Å². The molecule has 184 valence electrons. The van der Waals surface area contributed by atoms with Crippen LogP contribution in [0, 0.1) is 5.41 Å². The Labute approximate surface area is 227 Å². The molecule has 0 aliphatic heterocycles. The van der Waals surface area contributed by atoms with Gasteiger partial charge in [-0.2, -0.15) is 0 Å². The number of rotatable bonds is 3. The summed E-state index contributed by atoms with van der Waals surface area (Å²) in [5.74, 6) is 0.